The van der Waals surface area contributed by atoms with Gasteiger partial charge in [-0.1, -0.05) is 163 Å². The minimum atomic E-state index is 0.115. The quantitative estimate of drug-likeness (QED) is 0.158. The van der Waals surface area contributed by atoms with Crippen molar-refractivity contribution in [1.29, 1.82) is 0 Å². The predicted octanol–water partition coefficient (Wildman–Crippen LogP) is 8.83. The third-order valence-electron chi connectivity index (χ3n) is 14.1. The van der Waals surface area contributed by atoms with Gasteiger partial charge in [0.25, 0.3) is 0 Å². The van der Waals surface area contributed by atoms with E-state index in [1.807, 2.05) is 0 Å². The molecule has 4 heteroatoms. The van der Waals surface area contributed by atoms with Gasteiger partial charge in [-0.15, -0.1) is 0 Å². The first kappa shape index (κ1) is 29.9. The molecular formula is C54H30B2N2. The van der Waals surface area contributed by atoms with Crippen LogP contribution < -0.4 is 32.8 Å². The number of aromatic nitrogens is 2. The van der Waals surface area contributed by atoms with Crippen molar-refractivity contribution >= 4 is 89.8 Å². The Kier molecular flexibility index (Phi) is 5.34. The molecular weight excluding hydrogens is 698 g/mol. The van der Waals surface area contributed by atoms with E-state index in [9.17, 15) is 0 Å². The third-order valence-corrected chi connectivity index (χ3v) is 14.1. The molecule has 0 aliphatic carbocycles. The van der Waals surface area contributed by atoms with Crippen LogP contribution in [0.2, 0.25) is 0 Å². The van der Waals surface area contributed by atoms with Crippen LogP contribution in [0.3, 0.4) is 0 Å². The second-order valence-electron chi connectivity index (χ2n) is 16.7. The number of nitrogens with zero attached hydrogens (tertiary/aromatic N) is 2. The van der Waals surface area contributed by atoms with Crippen molar-refractivity contribution in [3.63, 3.8) is 0 Å². The topological polar surface area (TPSA) is 9.86 Å². The van der Waals surface area contributed by atoms with E-state index in [-0.39, 0.29) is 13.4 Å². The molecule has 0 N–H and O–H groups in total. The van der Waals surface area contributed by atoms with Crippen molar-refractivity contribution in [1.82, 2.24) is 9.13 Å². The molecule has 2 aromatic heterocycles. The zero-order valence-electron chi connectivity index (χ0n) is 31.4. The van der Waals surface area contributed by atoms with E-state index in [4.69, 9.17) is 0 Å². The summed E-state index contributed by atoms with van der Waals surface area (Å²) in [6, 6.07) is 68.9. The van der Waals surface area contributed by atoms with Gasteiger partial charge in [0.05, 0.1) is 22.1 Å². The van der Waals surface area contributed by atoms with Crippen LogP contribution in [0.4, 0.5) is 0 Å². The van der Waals surface area contributed by atoms with Gasteiger partial charge in [0.15, 0.2) is 0 Å². The molecule has 0 bridgehead atoms. The van der Waals surface area contributed by atoms with Crippen LogP contribution in [0.15, 0.2) is 182 Å². The molecule has 0 unspecified atom stereocenters. The van der Waals surface area contributed by atoms with Gasteiger partial charge < -0.3 is 9.13 Å². The Morgan fingerprint density at radius 1 is 0.310 bits per heavy atom. The summed E-state index contributed by atoms with van der Waals surface area (Å²) in [4.78, 5) is 0. The molecule has 4 aliphatic heterocycles. The number of para-hydroxylation sites is 2. The largest absolute Gasteiger partial charge is 0.310 e. The van der Waals surface area contributed by atoms with Gasteiger partial charge in [-0.2, -0.15) is 0 Å². The summed E-state index contributed by atoms with van der Waals surface area (Å²) in [5.74, 6) is 0. The molecule has 0 fully saturated rings. The normalized spacial score (nSPS) is 13.4. The number of hydrogen-bond acceptors (Lipinski definition) is 0. The highest BCUT2D eigenvalue weighted by atomic mass is 15.0. The average Bonchev–Trinajstić information content (AvgIpc) is 4.02. The lowest BCUT2D eigenvalue weighted by Gasteiger charge is -2.31. The first-order chi connectivity index (χ1) is 28.8. The van der Waals surface area contributed by atoms with Crippen molar-refractivity contribution in [2.45, 2.75) is 0 Å². The molecule has 2 nitrogen and oxygen atoms in total. The molecule has 15 rings (SSSR count). The van der Waals surface area contributed by atoms with Crippen molar-refractivity contribution < 1.29 is 0 Å². The monoisotopic (exact) mass is 728 g/mol. The zero-order valence-corrected chi connectivity index (χ0v) is 31.4. The second kappa shape index (κ2) is 10.4. The fraction of sp³-hybridized carbons (Fsp3) is 0. The summed E-state index contributed by atoms with van der Waals surface area (Å²) in [6.07, 6.45) is 0. The van der Waals surface area contributed by atoms with E-state index >= 15 is 0 Å². The van der Waals surface area contributed by atoms with Gasteiger partial charge in [0.2, 0.25) is 13.4 Å². The molecule has 9 aromatic carbocycles. The SMILES string of the molecule is c1ccc(-c2cc3c4ccccc4n4c3c3c2-c2ccccc2B3c2cc3c(cc2-4)-n2c4ccccc4c4cc(-c5ccccc5)c5c(c42)B3c2ccccc2-5)cc1. The molecule has 6 heterocycles. The fourth-order valence-electron chi connectivity index (χ4n) is 12.0. The smallest absolute Gasteiger partial charge is 0.248 e. The average molecular weight is 728 g/mol. The van der Waals surface area contributed by atoms with Crippen LogP contribution in [0.1, 0.15) is 0 Å². The van der Waals surface area contributed by atoms with Gasteiger partial charge in [-0.25, -0.2) is 0 Å². The number of fused-ring (bicyclic) bond motifs is 18. The maximum atomic E-state index is 2.65. The van der Waals surface area contributed by atoms with Gasteiger partial charge in [0.1, 0.15) is 0 Å². The van der Waals surface area contributed by atoms with Crippen LogP contribution in [-0.2, 0) is 0 Å². The highest BCUT2D eigenvalue weighted by molar-refractivity contribution is 7.04. The Morgan fingerprint density at radius 2 is 0.724 bits per heavy atom. The highest BCUT2D eigenvalue weighted by Gasteiger charge is 2.47. The molecule has 0 amide bonds. The van der Waals surface area contributed by atoms with Gasteiger partial charge >= 0.3 is 0 Å². The minimum Gasteiger partial charge on any atom is -0.310 e. The molecule has 0 radical (unpaired) electrons. The van der Waals surface area contributed by atoms with Crippen molar-refractivity contribution in [3.8, 4) is 55.9 Å². The van der Waals surface area contributed by atoms with E-state index in [2.05, 4.69) is 191 Å². The second-order valence-corrected chi connectivity index (χ2v) is 16.7. The Balaban J connectivity index is 1.13. The first-order valence-electron chi connectivity index (χ1n) is 20.5. The lowest BCUT2D eigenvalue weighted by Crippen LogP contribution is -2.58. The van der Waals surface area contributed by atoms with E-state index in [0.29, 0.717) is 0 Å². The summed E-state index contributed by atoms with van der Waals surface area (Å²) in [5.41, 5.74) is 27.0. The van der Waals surface area contributed by atoms with E-state index < -0.39 is 0 Å². The molecule has 0 atom stereocenters. The Morgan fingerprint density at radius 3 is 1.21 bits per heavy atom. The zero-order chi connectivity index (χ0) is 37.4. The molecule has 0 spiro atoms. The Labute approximate surface area is 335 Å². The lowest BCUT2D eigenvalue weighted by atomic mass is 9.34. The summed E-state index contributed by atoms with van der Waals surface area (Å²) >= 11 is 0. The van der Waals surface area contributed by atoms with Gasteiger partial charge in [0, 0.05) is 32.9 Å². The highest BCUT2D eigenvalue weighted by Crippen LogP contribution is 2.46. The summed E-state index contributed by atoms with van der Waals surface area (Å²) in [5, 5.41) is 5.27. The fourth-order valence-corrected chi connectivity index (χ4v) is 12.0. The van der Waals surface area contributed by atoms with Crippen LogP contribution in [-0.4, -0.2) is 22.6 Å². The summed E-state index contributed by atoms with van der Waals surface area (Å²) in [6.45, 7) is 0.230. The van der Waals surface area contributed by atoms with Crippen LogP contribution in [0.5, 0.6) is 0 Å². The lowest BCUT2D eigenvalue weighted by molar-refractivity contribution is 1.15. The van der Waals surface area contributed by atoms with E-state index in [1.165, 1.54) is 132 Å². The minimum absolute atomic E-state index is 0.115. The molecule has 0 saturated heterocycles. The molecule has 11 aromatic rings. The van der Waals surface area contributed by atoms with Crippen molar-refractivity contribution in [2.75, 3.05) is 0 Å². The Hall–Kier alpha value is -7.29. The molecule has 4 aliphatic rings. The third kappa shape index (κ3) is 3.40. The van der Waals surface area contributed by atoms with Gasteiger partial charge in [-0.05, 0) is 96.7 Å². The number of hydrogen-bond donors (Lipinski definition) is 0. The molecule has 0 saturated carbocycles. The van der Waals surface area contributed by atoms with Crippen LogP contribution in [0.25, 0.3) is 99.5 Å². The number of benzene rings is 9. The van der Waals surface area contributed by atoms with Crippen molar-refractivity contribution in [2.24, 2.45) is 0 Å². The Bertz CT molecular complexity index is 3450. The van der Waals surface area contributed by atoms with Gasteiger partial charge in [-0.3, -0.25) is 0 Å². The summed E-state index contributed by atoms with van der Waals surface area (Å²) < 4.78 is 5.25. The predicted molar refractivity (Wildman–Crippen MR) is 246 cm³/mol. The standard InChI is InChI=1S/C54H30B2N2/c1-3-15-31(16-4-1)37-27-39-33-19-9-13-25-45(33)57-47-30-48-44(29-43(47)55-41-23-11-7-21-35(41)49(37)51(55)53(39)57)56-42-24-12-8-22-36(42)50-38(32-17-5-2-6-18-32)28-40-34-20-10-14-26-46(34)58(48)54(40)52(50)56/h1-30H. The van der Waals surface area contributed by atoms with Crippen LogP contribution >= 0.6 is 0 Å². The van der Waals surface area contributed by atoms with E-state index in [1.54, 1.807) is 0 Å². The summed E-state index contributed by atoms with van der Waals surface area (Å²) in [7, 11) is 0. The first-order valence-corrected chi connectivity index (χ1v) is 20.5. The maximum absolute atomic E-state index is 2.65. The molecule has 58 heavy (non-hydrogen) atoms. The molecule has 262 valence electrons. The maximum Gasteiger partial charge on any atom is 0.248 e. The van der Waals surface area contributed by atoms with Crippen molar-refractivity contribution in [3.05, 3.63) is 182 Å². The van der Waals surface area contributed by atoms with Crippen LogP contribution in [0, 0.1) is 0 Å². The number of rotatable bonds is 2. The van der Waals surface area contributed by atoms with E-state index in [0.717, 1.165) is 0 Å².